The van der Waals surface area contributed by atoms with E-state index < -0.39 is 0 Å². The molecule has 0 spiro atoms. The predicted molar refractivity (Wildman–Crippen MR) is 62.2 cm³/mol. The molecule has 0 radical (unpaired) electrons. The van der Waals surface area contributed by atoms with Gasteiger partial charge in [0.15, 0.2) is 0 Å². The summed E-state index contributed by atoms with van der Waals surface area (Å²) in [7, 11) is 0. The topological polar surface area (TPSA) is 32.3 Å². The van der Waals surface area contributed by atoms with Gasteiger partial charge in [0.2, 0.25) is 0 Å². The molecule has 16 heavy (non-hydrogen) atoms. The summed E-state index contributed by atoms with van der Waals surface area (Å²) in [6, 6.07) is 8.40. The van der Waals surface area contributed by atoms with Gasteiger partial charge in [-0.25, -0.2) is 0 Å². The van der Waals surface area contributed by atoms with E-state index in [-0.39, 0.29) is 5.91 Å². The molecule has 1 fully saturated rings. The molecule has 0 unspecified atom stereocenters. The summed E-state index contributed by atoms with van der Waals surface area (Å²) in [4.78, 5) is 14.2. The second kappa shape index (κ2) is 3.91. The summed E-state index contributed by atoms with van der Waals surface area (Å²) in [6.07, 6.45) is 2.17. The van der Waals surface area contributed by atoms with E-state index in [9.17, 15) is 4.79 Å². The lowest BCUT2D eigenvalue weighted by atomic mass is 10.1. The third-order valence-corrected chi connectivity index (χ3v) is 3.60. The molecule has 1 N–H and O–H groups in total. The van der Waals surface area contributed by atoms with Crippen LogP contribution in [0.25, 0.3) is 0 Å². The maximum absolute atomic E-state index is 12.2. The van der Waals surface area contributed by atoms with E-state index in [0.717, 1.165) is 38.0 Å². The van der Waals surface area contributed by atoms with Gasteiger partial charge in [0.05, 0.1) is 0 Å². The van der Waals surface area contributed by atoms with E-state index in [2.05, 4.69) is 11.4 Å². The number of benzene rings is 1. The minimum atomic E-state index is 0.225. The highest BCUT2D eigenvalue weighted by atomic mass is 16.2. The van der Waals surface area contributed by atoms with Crippen LogP contribution in [0.2, 0.25) is 0 Å². The number of amides is 1. The summed E-state index contributed by atoms with van der Waals surface area (Å²) in [6.45, 7) is 2.87. The molecule has 3 rings (SSSR count). The Balaban J connectivity index is 1.83. The van der Waals surface area contributed by atoms with Crippen molar-refractivity contribution in [3.8, 4) is 0 Å². The van der Waals surface area contributed by atoms with Gasteiger partial charge in [-0.2, -0.15) is 0 Å². The first-order valence-corrected chi connectivity index (χ1v) is 5.96. The number of piperidine rings is 1. The number of rotatable bonds is 1. The number of hydrogen-bond acceptors (Lipinski definition) is 2. The van der Waals surface area contributed by atoms with Crippen molar-refractivity contribution < 1.29 is 4.79 Å². The van der Waals surface area contributed by atoms with Gasteiger partial charge in [0.1, 0.15) is 0 Å². The molecule has 1 amide bonds. The van der Waals surface area contributed by atoms with Crippen molar-refractivity contribution in [1.29, 1.82) is 0 Å². The largest absolute Gasteiger partial charge is 0.331 e. The highest BCUT2D eigenvalue weighted by Crippen LogP contribution is 2.26. The first kappa shape index (κ1) is 9.85. The molecule has 0 saturated carbocycles. The molecule has 2 aliphatic rings. The number of fused-ring (bicyclic) bond motifs is 1. The smallest absolute Gasteiger partial charge is 0.254 e. The van der Waals surface area contributed by atoms with Crippen LogP contribution in [0.15, 0.2) is 24.3 Å². The Morgan fingerprint density at radius 3 is 2.69 bits per heavy atom. The maximum Gasteiger partial charge on any atom is 0.254 e. The molecule has 1 aromatic rings. The molecule has 3 nitrogen and oxygen atoms in total. The van der Waals surface area contributed by atoms with E-state index >= 15 is 0 Å². The Morgan fingerprint density at radius 1 is 1.19 bits per heavy atom. The van der Waals surface area contributed by atoms with Crippen LogP contribution in [0.4, 0.5) is 0 Å². The van der Waals surface area contributed by atoms with Gasteiger partial charge in [-0.1, -0.05) is 18.2 Å². The molecule has 2 aliphatic heterocycles. The van der Waals surface area contributed by atoms with Crippen molar-refractivity contribution in [2.75, 3.05) is 13.1 Å². The van der Waals surface area contributed by atoms with Gasteiger partial charge in [-0.05, 0) is 37.6 Å². The van der Waals surface area contributed by atoms with Crippen molar-refractivity contribution in [3.63, 3.8) is 0 Å². The van der Waals surface area contributed by atoms with Gasteiger partial charge in [0.25, 0.3) is 5.91 Å². The van der Waals surface area contributed by atoms with E-state index in [1.54, 1.807) is 0 Å². The van der Waals surface area contributed by atoms with Crippen molar-refractivity contribution in [2.45, 2.75) is 25.4 Å². The Kier molecular flexibility index (Phi) is 2.40. The van der Waals surface area contributed by atoms with E-state index in [0.29, 0.717) is 6.04 Å². The zero-order chi connectivity index (χ0) is 11.0. The van der Waals surface area contributed by atoms with Crippen LogP contribution in [0.1, 0.15) is 28.8 Å². The molecule has 0 atom stereocenters. The Labute approximate surface area is 95.4 Å². The predicted octanol–water partition coefficient (Wildman–Crippen LogP) is 1.39. The van der Waals surface area contributed by atoms with Gasteiger partial charge >= 0.3 is 0 Å². The fourth-order valence-electron chi connectivity index (χ4n) is 2.69. The van der Waals surface area contributed by atoms with Crippen molar-refractivity contribution in [2.24, 2.45) is 0 Å². The van der Waals surface area contributed by atoms with Crippen molar-refractivity contribution in [1.82, 2.24) is 10.2 Å². The Bertz CT molecular complexity index is 410. The van der Waals surface area contributed by atoms with Crippen LogP contribution < -0.4 is 5.32 Å². The normalized spacial score (nSPS) is 21.2. The SMILES string of the molecule is O=C1c2ccccc2CN1C1CCNCC1. The lowest BCUT2D eigenvalue weighted by molar-refractivity contribution is 0.0668. The standard InChI is InChI=1S/C13H16N2O/c16-13-12-4-2-1-3-10(12)9-15(13)11-5-7-14-8-6-11/h1-4,11,14H,5-9H2. The lowest BCUT2D eigenvalue weighted by Crippen LogP contribution is -2.43. The Hall–Kier alpha value is -1.35. The van der Waals surface area contributed by atoms with E-state index in [4.69, 9.17) is 0 Å². The number of carbonyl (C=O) groups excluding carboxylic acids is 1. The van der Waals surface area contributed by atoms with Crippen molar-refractivity contribution >= 4 is 5.91 Å². The monoisotopic (exact) mass is 216 g/mol. The van der Waals surface area contributed by atoms with Crippen LogP contribution in [-0.4, -0.2) is 29.9 Å². The number of carbonyl (C=O) groups is 1. The minimum Gasteiger partial charge on any atom is -0.331 e. The average Bonchev–Trinajstić information content (AvgIpc) is 2.69. The molecule has 3 heteroatoms. The maximum atomic E-state index is 12.2. The number of nitrogens with zero attached hydrogens (tertiary/aromatic N) is 1. The van der Waals surface area contributed by atoms with Crippen molar-refractivity contribution in [3.05, 3.63) is 35.4 Å². The second-order valence-corrected chi connectivity index (χ2v) is 4.57. The molecule has 1 aromatic carbocycles. The van der Waals surface area contributed by atoms with E-state index in [1.165, 1.54) is 5.56 Å². The molecular formula is C13H16N2O. The van der Waals surface area contributed by atoms with Crippen LogP contribution in [-0.2, 0) is 6.54 Å². The summed E-state index contributed by atoms with van der Waals surface area (Å²) < 4.78 is 0. The number of hydrogen-bond donors (Lipinski definition) is 1. The molecular weight excluding hydrogens is 200 g/mol. The third-order valence-electron chi connectivity index (χ3n) is 3.60. The highest BCUT2D eigenvalue weighted by molar-refractivity contribution is 5.98. The van der Waals surface area contributed by atoms with Crippen LogP contribution >= 0.6 is 0 Å². The molecule has 1 saturated heterocycles. The molecule has 84 valence electrons. The zero-order valence-electron chi connectivity index (χ0n) is 9.28. The van der Waals surface area contributed by atoms with Crippen LogP contribution in [0.5, 0.6) is 0 Å². The quantitative estimate of drug-likeness (QED) is 0.769. The minimum absolute atomic E-state index is 0.225. The molecule has 0 aromatic heterocycles. The summed E-state index contributed by atoms with van der Waals surface area (Å²) in [5, 5.41) is 3.34. The molecule has 2 heterocycles. The fraction of sp³-hybridized carbons (Fsp3) is 0.462. The number of nitrogens with one attached hydrogen (secondary N) is 1. The summed E-state index contributed by atoms with van der Waals surface area (Å²) in [5.74, 6) is 0.225. The van der Waals surface area contributed by atoms with Gasteiger partial charge in [-0.15, -0.1) is 0 Å². The lowest BCUT2D eigenvalue weighted by Gasteiger charge is -2.31. The van der Waals surface area contributed by atoms with Gasteiger partial charge < -0.3 is 10.2 Å². The molecule has 0 bridgehead atoms. The summed E-state index contributed by atoms with van der Waals surface area (Å²) in [5.41, 5.74) is 2.09. The Morgan fingerprint density at radius 2 is 1.94 bits per heavy atom. The third kappa shape index (κ3) is 1.52. The average molecular weight is 216 g/mol. The van der Waals surface area contributed by atoms with Gasteiger partial charge in [0, 0.05) is 18.2 Å². The van der Waals surface area contributed by atoms with E-state index in [1.807, 2.05) is 23.1 Å². The summed E-state index contributed by atoms with van der Waals surface area (Å²) >= 11 is 0. The fourth-order valence-corrected chi connectivity index (χ4v) is 2.69. The zero-order valence-corrected chi connectivity index (χ0v) is 9.28. The van der Waals surface area contributed by atoms with Gasteiger partial charge in [-0.3, -0.25) is 4.79 Å². The van der Waals surface area contributed by atoms with Crippen LogP contribution in [0, 0.1) is 0 Å². The molecule has 0 aliphatic carbocycles. The highest BCUT2D eigenvalue weighted by Gasteiger charge is 2.32. The van der Waals surface area contributed by atoms with Crippen LogP contribution in [0.3, 0.4) is 0 Å². The first-order valence-electron chi connectivity index (χ1n) is 5.96. The second-order valence-electron chi connectivity index (χ2n) is 4.57. The first-order chi connectivity index (χ1) is 7.86.